The van der Waals surface area contributed by atoms with Crippen LogP contribution in [0, 0.1) is 0 Å². The van der Waals surface area contributed by atoms with E-state index >= 15 is 0 Å². The van der Waals surface area contributed by atoms with Gasteiger partial charge in [0.15, 0.2) is 4.32 Å². The van der Waals surface area contributed by atoms with E-state index in [4.69, 9.17) is 17.0 Å². The number of hydrogen-bond donors (Lipinski definition) is 0. The van der Waals surface area contributed by atoms with Crippen molar-refractivity contribution in [1.29, 1.82) is 0 Å². The molecule has 0 atom stereocenters. The monoisotopic (exact) mass is 395 g/mol. The molecule has 0 spiro atoms. The average Bonchev–Trinajstić information content (AvgIpc) is 3.21. The van der Waals surface area contributed by atoms with Crippen molar-refractivity contribution in [2.45, 2.75) is 6.54 Å². The Labute approximate surface area is 166 Å². The van der Waals surface area contributed by atoms with Crippen molar-refractivity contribution in [1.82, 2.24) is 9.58 Å². The molecule has 0 radical (unpaired) electrons. The maximum absolute atomic E-state index is 11.8. The standard InChI is InChI=1S/C20H17N3O2S2/c24-19-14-27-20(26)23(19)21-12-15-13-22(18-9-5-4-8-17(15)18)10-11-25-16-6-2-1-3-7-16/h1-9,12-13H,10-11,14H2/b21-12-. The van der Waals surface area contributed by atoms with Gasteiger partial charge in [0.1, 0.15) is 12.4 Å². The Balaban J connectivity index is 1.54. The lowest BCUT2D eigenvalue weighted by atomic mass is 10.2. The van der Waals surface area contributed by atoms with Crippen LogP contribution in [0.5, 0.6) is 5.75 Å². The maximum atomic E-state index is 11.8. The molecular formula is C20H17N3O2S2. The van der Waals surface area contributed by atoms with Crippen molar-refractivity contribution in [3.8, 4) is 5.75 Å². The number of rotatable bonds is 6. The van der Waals surface area contributed by atoms with Crippen molar-refractivity contribution in [3.05, 3.63) is 66.4 Å². The first-order valence-electron chi connectivity index (χ1n) is 8.52. The molecule has 1 aliphatic heterocycles. The fourth-order valence-electron chi connectivity index (χ4n) is 2.92. The summed E-state index contributed by atoms with van der Waals surface area (Å²) in [4.78, 5) is 11.8. The van der Waals surface area contributed by atoms with Gasteiger partial charge in [-0.2, -0.15) is 10.1 Å². The van der Waals surface area contributed by atoms with Crippen LogP contribution in [0.2, 0.25) is 0 Å². The first-order chi connectivity index (χ1) is 13.2. The molecule has 27 heavy (non-hydrogen) atoms. The topological polar surface area (TPSA) is 46.8 Å². The van der Waals surface area contributed by atoms with Gasteiger partial charge in [-0.05, 0) is 18.2 Å². The molecule has 0 bridgehead atoms. The number of carbonyl (C=O) groups excluding carboxylic acids is 1. The van der Waals surface area contributed by atoms with E-state index in [2.05, 4.69) is 15.7 Å². The molecule has 1 fully saturated rings. The summed E-state index contributed by atoms with van der Waals surface area (Å²) in [5, 5.41) is 6.67. The fourth-order valence-corrected chi connectivity index (χ4v) is 3.89. The normalized spacial score (nSPS) is 14.6. The zero-order valence-corrected chi connectivity index (χ0v) is 16.1. The number of aromatic nitrogens is 1. The van der Waals surface area contributed by atoms with Crippen LogP contribution >= 0.6 is 24.0 Å². The maximum Gasteiger partial charge on any atom is 0.259 e. The number of nitrogens with zero attached hydrogens (tertiary/aromatic N) is 3. The first-order valence-corrected chi connectivity index (χ1v) is 9.91. The van der Waals surface area contributed by atoms with Crippen molar-refractivity contribution in [2.75, 3.05) is 12.4 Å². The number of hydrazone groups is 1. The lowest BCUT2D eigenvalue weighted by molar-refractivity contribution is -0.123. The van der Waals surface area contributed by atoms with Gasteiger partial charge in [-0.15, -0.1) is 0 Å². The van der Waals surface area contributed by atoms with Gasteiger partial charge < -0.3 is 9.30 Å². The molecule has 0 aliphatic carbocycles. The molecule has 3 aromatic rings. The van der Waals surface area contributed by atoms with Gasteiger partial charge in [0.05, 0.1) is 18.5 Å². The molecule has 4 rings (SSSR count). The van der Waals surface area contributed by atoms with E-state index in [1.165, 1.54) is 16.8 Å². The van der Waals surface area contributed by atoms with E-state index in [1.54, 1.807) is 6.21 Å². The summed E-state index contributed by atoms with van der Waals surface area (Å²) in [5.41, 5.74) is 2.04. The fraction of sp³-hybridized carbons (Fsp3) is 0.150. The highest BCUT2D eigenvalue weighted by atomic mass is 32.2. The van der Waals surface area contributed by atoms with Crippen molar-refractivity contribution in [3.63, 3.8) is 0 Å². The first kappa shape index (κ1) is 17.8. The van der Waals surface area contributed by atoms with Crippen LogP contribution < -0.4 is 4.74 Å². The molecule has 1 saturated heterocycles. The van der Waals surface area contributed by atoms with Gasteiger partial charge in [-0.3, -0.25) is 4.79 Å². The zero-order valence-electron chi connectivity index (χ0n) is 14.4. The summed E-state index contributed by atoms with van der Waals surface area (Å²) in [6, 6.07) is 17.9. The second-order valence-electron chi connectivity index (χ2n) is 5.96. The van der Waals surface area contributed by atoms with E-state index in [1.807, 2.05) is 54.7 Å². The molecule has 2 aromatic carbocycles. The predicted octanol–water partition coefficient (Wildman–Crippen LogP) is 3.91. The van der Waals surface area contributed by atoms with Crippen LogP contribution in [0.15, 0.2) is 65.9 Å². The Kier molecular flexibility index (Phi) is 5.22. The number of thioether (sulfide) groups is 1. The highest BCUT2D eigenvalue weighted by molar-refractivity contribution is 8.23. The SMILES string of the molecule is O=C1CSC(=S)N1/N=C\c1cn(CCOc2ccccc2)c2ccccc12. The summed E-state index contributed by atoms with van der Waals surface area (Å²) >= 11 is 6.51. The van der Waals surface area contributed by atoms with Crippen LogP contribution in [0.25, 0.3) is 10.9 Å². The summed E-state index contributed by atoms with van der Waals surface area (Å²) in [7, 11) is 0. The molecule has 0 unspecified atom stereocenters. The number of para-hydroxylation sites is 2. The number of amides is 1. The van der Waals surface area contributed by atoms with E-state index < -0.39 is 0 Å². The van der Waals surface area contributed by atoms with Crippen molar-refractivity contribution >= 4 is 51.3 Å². The average molecular weight is 396 g/mol. The Hall–Kier alpha value is -2.64. The highest BCUT2D eigenvalue weighted by Crippen LogP contribution is 2.22. The molecule has 5 nitrogen and oxygen atoms in total. The van der Waals surface area contributed by atoms with Crippen LogP contribution in [-0.4, -0.2) is 38.4 Å². The van der Waals surface area contributed by atoms with E-state index in [0.717, 1.165) is 22.2 Å². The Morgan fingerprint density at radius 2 is 1.93 bits per heavy atom. The molecule has 0 N–H and O–H groups in total. The zero-order chi connectivity index (χ0) is 18.6. The second kappa shape index (κ2) is 7.94. The third-order valence-corrected chi connectivity index (χ3v) is 5.54. The third kappa shape index (κ3) is 3.89. The Morgan fingerprint density at radius 3 is 2.70 bits per heavy atom. The minimum atomic E-state index is -0.0822. The Morgan fingerprint density at radius 1 is 1.15 bits per heavy atom. The summed E-state index contributed by atoms with van der Waals surface area (Å²) < 4.78 is 8.44. The molecule has 7 heteroatoms. The molecule has 2 heterocycles. The lowest BCUT2D eigenvalue weighted by Gasteiger charge is -2.08. The van der Waals surface area contributed by atoms with Crippen LogP contribution in [0.3, 0.4) is 0 Å². The molecule has 0 saturated carbocycles. The van der Waals surface area contributed by atoms with Crippen molar-refractivity contribution < 1.29 is 9.53 Å². The summed E-state index contributed by atoms with van der Waals surface area (Å²) in [6.07, 6.45) is 3.73. The van der Waals surface area contributed by atoms with Gasteiger partial charge in [0.25, 0.3) is 5.91 Å². The highest BCUT2D eigenvalue weighted by Gasteiger charge is 2.26. The van der Waals surface area contributed by atoms with E-state index in [-0.39, 0.29) is 5.91 Å². The molecular weight excluding hydrogens is 378 g/mol. The van der Waals surface area contributed by atoms with Crippen LogP contribution in [0.4, 0.5) is 0 Å². The lowest BCUT2D eigenvalue weighted by Crippen LogP contribution is -2.22. The Bertz CT molecular complexity index is 998. The van der Waals surface area contributed by atoms with E-state index in [9.17, 15) is 4.79 Å². The van der Waals surface area contributed by atoms with Gasteiger partial charge in [-0.1, -0.05) is 60.4 Å². The van der Waals surface area contributed by atoms with E-state index in [0.29, 0.717) is 23.2 Å². The minimum absolute atomic E-state index is 0.0822. The summed E-state index contributed by atoms with van der Waals surface area (Å²) in [6.45, 7) is 1.27. The van der Waals surface area contributed by atoms with Gasteiger partial charge in [0.2, 0.25) is 0 Å². The molecule has 1 aliphatic rings. The smallest absolute Gasteiger partial charge is 0.259 e. The van der Waals surface area contributed by atoms with Crippen LogP contribution in [-0.2, 0) is 11.3 Å². The predicted molar refractivity (Wildman–Crippen MR) is 113 cm³/mol. The second-order valence-corrected chi connectivity index (χ2v) is 7.57. The number of thiocarbonyl (C=S) groups is 1. The number of benzene rings is 2. The molecule has 136 valence electrons. The van der Waals surface area contributed by atoms with Gasteiger partial charge >= 0.3 is 0 Å². The van der Waals surface area contributed by atoms with Crippen LogP contribution in [0.1, 0.15) is 5.56 Å². The quantitative estimate of drug-likeness (QED) is 0.469. The third-order valence-electron chi connectivity index (χ3n) is 4.20. The number of ether oxygens (including phenoxy) is 1. The molecule has 1 amide bonds. The van der Waals surface area contributed by atoms with Gasteiger partial charge in [-0.25, -0.2) is 0 Å². The van der Waals surface area contributed by atoms with Crippen molar-refractivity contribution in [2.24, 2.45) is 5.10 Å². The largest absolute Gasteiger partial charge is 0.492 e. The van der Waals surface area contributed by atoms with Gasteiger partial charge in [0, 0.05) is 22.7 Å². The number of fused-ring (bicyclic) bond motifs is 1. The number of carbonyl (C=O) groups is 1. The molecule has 1 aromatic heterocycles. The minimum Gasteiger partial charge on any atom is -0.492 e. The number of hydrogen-bond acceptors (Lipinski definition) is 5. The summed E-state index contributed by atoms with van der Waals surface area (Å²) in [5.74, 6) is 1.13.